The molecule has 25 heavy (non-hydrogen) atoms. The van der Waals surface area contributed by atoms with Crippen molar-refractivity contribution in [3.05, 3.63) is 58.5 Å². The number of carbonyl (C=O) groups is 2. The predicted octanol–water partition coefficient (Wildman–Crippen LogP) is 1.84. The number of aliphatic carboxylic acids is 1. The number of hydrogen-bond donors (Lipinski definition) is 3. The van der Waals surface area contributed by atoms with Crippen LogP contribution < -0.4 is 10.7 Å². The van der Waals surface area contributed by atoms with Crippen LogP contribution in [0.2, 0.25) is 0 Å². The predicted molar refractivity (Wildman–Crippen MR) is 93.0 cm³/mol. The van der Waals surface area contributed by atoms with Crippen LogP contribution in [0, 0.1) is 0 Å². The number of pyridine rings is 1. The number of aromatic hydroxyl groups is 1. The molecule has 2 aromatic heterocycles. The number of benzene rings is 1. The lowest BCUT2D eigenvalue weighted by molar-refractivity contribution is -0.135. The van der Waals surface area contributed by atoms with Gasteiger partial charge < -0.3 is 15.5 Å². The molecule has 0 spiro atoms. The van der Waals surface area contributed by atoms with E-state index in [9.17, 15) is 19.5 Å². The summed E-state index contributed by atoms with van der Waals surface area (Å²) in [7, 11) is 0. The van der Waals surface area contributed by atoms with Crippen LogP contribution in [0.15, 0.2) is 47.5 Å². The molecule has 3 aromatic rings. The smallest absolute Gasteiger partial charge is 0.322 e. The Morgan fingerprint density at radius 3 is 2.68 bits per heavy atom. The molecular weight excluding hydrogens is 344 g/mol. The van der Waals surface area contributed by atoms with Gasteiger partial charge in [0.25, 0.3) is 5.91 Å². The van der Waals surface area contributed by atoms with Gasteiger partial charge in [-0.15, -0.1) is 0 Å². The number of carboxylic acids is 1. The monoisotopic (exact) mass is 356 g/mol. The maximum atomic E-state index is 12.6. The number of hydrogen-bond acceptors (Lipinski definition) is 6. The second-order valence-corrected chi connectivity index (χ2v) is 6.11. The molecule has 0 aliphatic rings. The first-order valence-corrected chi connectivity index (χ1v) is 8.00. The van der Waals surface area contributed by atoms with Crippen LogP contribution in [0.3, 0.4) is 0 Å². The lowest BCUT2D eigenvalue weighted by Crippen LogP contribution is -2.32. The van der Waals surface area contributed by atoms with Gasteiger partial charge in [-0.2, -0.15) is 0 Å². The summed E-state index contributed by atoms with van der Waals surface area (Å²) in [4.78, 5) is 39.3. The summed E-state index contributed by atoms with van der Waals surface area (Å²) in [6.45, 7) is -0.643. The topological polar surface area (TPSA) is 117 Å². The van der Waals surface area contributed by atoms with E-state index in [-0.39, 0.29) is 5.39 Å². The van der Waals surface area contributed by atoms with E-state index in [1.54, 1.807) is 36.7 Å². The SMILES string of the molecule is O=C(O)CNC(=O)c1c(O)sc2c(-c3cccnc3)cccc2c1=O. The van der Waals surface area contributed by atoms with Crippen molar-refractivity contribution in [2.24, 2.45) is 0 Å². The summed E-state index contributed by atoms with van der Waals surface area (Å²) >= 11 is 0.886. The summed E-state index contributed by atoms with van der Waals surface area (Å²) in [6, 6.07) is 8.60. The summed E-state index contributed by atoms with van der Waals surface area (Å²) in [5.41, 5.74) is 0.369. The number of amides is 1. The Morgan fingerprint density at radius 1 is 1.20 bits per heavy atom. The molecule has 3 N–H and O–H groups in total. The molecule has 0 radical (unpaired) electrons. The fraction of sp³-hybridized carbons (Fsp3) is 0.0588. The zero-order valence-electron chi connectivity index (χ0n) is 12.7. The Hall–Kier alpha value is -3.26. The van der Waals surface area contributed by atoms with Gasteiger partial charge in [0, 0.05) is 33.6 Å². The van der Waals surface area contributed by atoms with Crippen molar-refractivity contribution in [2.75, 3.05) is 6.54 Å². The Balaban J connectivity index is 2.17. The van der Waals surface area contributed by atoms with E-state index >= 15 is 0 Å². The first-order chi connectivity index (χ1) is 12.0. The van der Waals surface area contributed by atoms with E-state index in [0.29, 0.717) is 10.3 Å². The number of fused-ring (bicyclic) bond motifs is 1. The van der Waals surface area contributed by atoms with Crippen molar-refractivity contribution in [3.63, 3.8) is 0 Å². The second-order valence-electron chi connectivity index (χ2n) is 5.11. The average Bonchev–Trinajstić information content (AvgIpc) is 2.60. The van der Waals surface area contributed by atoms with E-state index in [1.165, 1.54) is 0 Å². The quantitative estimate of drug-likeness (QED) is 0.657. The Kier molecular flexibility index (Phi) is 4.44. The molecule has 0 unspecified atom stereocenters. The van der Waals surface area contributed by atoms with Crippen molar-refractivity contribution < 1.29 is 19.8 Å². The van der Waals surface area contributed by atoms with Crippen LogP contribution in [0.5, 0.6) is 5.06 Å². The van der Waals surface area contributed by atoms with Crippen molar-refractivity contribution >= 4 is 33.3 Å². The van der Waals surface area contributed by atoms with Crippen LogP contribution in [-0.4, -0.2) is 33.6 Å². The van der Waals surface area contributed by atoms with Gasteiger partial charge in [-0.05, 0) is 12.1 Å². The van der Waals surface area contributed by atoms with Gasteiger partial charge in [-0.25, -0.2) is 0 Å². The number of nitrogens with one attached hydrogen (secondary N) is 1. The Morgan fingerprint density at radius 2 is 2.00 bits per heavy atom. The van der Waals surface area contributed by atoms with Crippen LogP contribution in [0.25, 0.3) is 21.2 Å². The fourth-order valence-electron chi connectivity index (χ4n) is 2.40. The van der Waals surface area contributed by atoms with Crippen LogP contribution in [0.1, 0.15) is 10.4 Å². The third-order valence-corrected chi connectivity index (χ3v) is 4.54. The molecule has 126 valence electrons. The first kappa shape index (κ1) is 16.6. The highest BCUT2D eigenvalue weighted by molar-refractivity contribution is 7.20. The summed E-state index contributed by atoms with van der Waals surface area (Å²) < 4.78 is 0.521. The summed E-state index contributed by atoms with van der Waals surface area (Å²) in [5.74, 6) is -2.17. The molecule has 3 rings (SSSR count). The minimum Gasteiger partial charge on any atom is -0.499 e. The molecule has 0 atom stereocenters. The van der Waals surface area contributed by atoms with Crippen molar-refractivity contribution in [1.82, 2.24) is 10.3 Å². The van der Waals surface area contributed by atoms with Gasteiger partial charge in [-0.1, -0.05) is 29.5 Å². The molecule has 0 saturated carbocycles. The Bertz CT molecular complexity index is 1030. The van der Waals surface area contributed by atoms with Gasteiger partial charge in [0.2, 0.25) is 5.43 Å². The largest absolute Gasteiger partial charge is 0.499 e. The van der Waals surface area contributed by atoms with Gasteiger partial charge in [0.15, 0.2) is 5.06 Å². The van der Waals surface area contributed by atoms with Gasteiger partial charge in [0.1, 0.15) is 12.1 Å². The zero-order valence-corrected chi connectivity index (χ0v) is 13.5. The van der Waals surface area contributed by atoms with Gasteiger partial charge in [-0.3, -0.25) is 19.4 Å². The molecular formula is C17H12N2O5S. The summed E-state index contributed by atoms with van der Waals surface area (Å²) in [6.07, 6.45) is 3.26. The van der Waals surface area contributed by atoms with Crippen LogP contribution in [0.4, 0.5) is 0 Å². The number of rotatable bonds is 4. The first-order valence-electron chi connectivity index (χ1n) is 7.18. The molecule has 0 aliphatic heterocycles. The fourth-order valence-corrected chi connectivity index (χ4v) is 3.45. The zero-order chi connectivity index (χ0) is 18.0. The van der Waals surface area contributed by atoms with Crippen LogP contribution in [-0.2, 0) is 4.79 Å². The van der Waals surface area contributed by atoms with Gasteiger partial charge in [0.05, 0.1) is 0 Å². The standard InChI is InChI=1S/C17H12N2O5S/c20-12(21)8-19-16(23)13-14(22)11-5-1-4-10(15(11)25-17(13)24)9-3-2-6-18-7-9/h1-7,24H,8H2,(H,19,23)(H,20,21). The van der Waals surface area contributed by atoms with E-state index in [2.05, 4.69) is 10.3 Å². The second kappa shape index (κ2) is 6.70. The Labute approximate surface area is 145 Å². The highest BCUT2D eigenvalue weighted by Gasteiger charge is 2.21. The maximum absolute atomic E-state index is 12.6. The van der Waals surface area contributed by atoms with Crippen LogP contribution >= 0.6 is 11.3 Å². The number of carboxylic acid groups (broad SMARTS) is 1. The molecule has 0 fully saturated rings. The van der Waals surface area contributed by atoms with Crippen molar-refractivity contribution in [2.45, 2.75) is 0 Å². The maximum Gasteiger partial charge on any atom is 0.322 e. The molecule has 1 aromatic carbocycles. The van der Waals surface area contributed by atoms with E-state index in [0.717, 1.165) is 16.9 Å². The minimum atomic E-state index is -1.25. The third kappa shape index (κ3) is 3.20. The molecule has 0 saturated heterocycles. The highest BCUT2D eigenvalue weighted by atomic mass is 32.1. The average molecular weight is 356 g/mol. The normalized spacial score (nSPS) is 10.6. The molecule has 0 aliphatic carbocycles. The summed E-state index contributed by atoms with van der Waals surface area (Å²) in [5, 5.41) is 20.7. The van der Waals surface area contributed by atoms with Crippen molar-refractivity contribution in [3.8, 4) is 16.2 Å². The number of carbonyl (C=O) groups excluding carboxylic acids is 1. The lowest BCUT2D eigenvalue weighted by Gasteiger charge is -2.09. The number of aromatic nitrogens is 1. The molecule has 0 bridgehead atoms. The molecule has 7 nitrogen and oxygen atoms in total. The van der Waals surface area contributed by atoms with E-state index in [4.69, 9.17) is 5.11 Å². The molecule has 1 amide bonds. The third-order valence-electron chi connectivity index (χ3n) is 3.50. The van der Waals surface area contributed by atoms with Crippen molar-refractivity contribution in [1.29, 1.82) is 0 Å². The lowest BCUT2D eigenvalue weighted by atomic mass is 10.0. The molecule has 8 heteroatoms. The van der Waals surface area contributed by atoms with E-state index < -0.39 is 34.5 Å². The molecule has 2 heterocycles. The van der Waals surface area contributed by atoms with E-state index in [1.807, 2.05) is 6.07 Å². The highest BCUT2D eigenvalue weighted by Crippen LogP contribution is 2.34. The number of nitrogens with zero attached hydrogens (tertiary/aromatic N) is 1. The minimum absolute atomic E-state index is 0.268. The van der Waals surface area contributed by atoms with Gasteiger partial charge >= 0.3 is 5.97 Å².